The molecule has 35 heavy (non-hydrogen) atoms. The van der Waals surface area contributed by atoms with E-state index in [-0.39, 0.29) is 17.6 Å². The lowest BCUT2D eigenvalue weighted by Gasteiger charge is -2.45. The van der Waals surface area contributed by atoms with Gasteiger partial charge in [-0.2, -0.15) is 13.2 Å². The molecule has 2 atom stereocenters. The molecular formula is C28H35F3N2O2. The maximum Gasteiger partial charge on any atom is 0.416 e. The van der Waals surface area contributed by atoms with Crippen molar-refractivity contribution in [1.82, 2.24) is 10.2 Å². The van der Waals surface area contributed by atoms with Crippen LogP contribution in [-0.4, -0.2) is 35.7 Å². The Labute approximate surface area is 205 Å². The standard InChI is InChI=1S/C28H35F3N2O2/c1-26(2,3)35-25(34)33(24-16-23(24)21-8-5-4-6-9-21)19-27(14-7-15-27)18-32-17-20-10-12-22(13-11-20)28(29,30)31/h4-6,8-13,23-24,32H,7,14-19H2,1-3H3/t23?,24-/m0/s1. The minimum Gasteiger partial charge on any atom is -0.444 e. The number of ether oxygens (including phenoxy) is 1. The van der Waals surface area contributed by atoms with Crippen molar-refractivity contribution in [2.75, 3.05) is 13.1 Å². The fraction of sp³-hybridized carbons (Fsp3) is 0.536. The van der Waals surface area contributed by atoms with Crippen molar-refractivity contribution in [2.45, 2.75) is 76.7 Å². The zero-order valence-electron chi connectivity index (χ0n) is 20.7. The molecule has 2 saturated carbocycles. The topological polar surface area (TPSA) is 41.6 Å². The fourth-order valence-corrected chi connectivity index (χ4v) is 4.93. The van der Waals surface area contributed by atoms with Gasteiger partial charge < -0.3 is 15.0 Å². The number of halogens is 3. The third-order valence-corrected chi connectivity index (χ3v) is 7.04. The minimum absolute atomic E-state index is 0.0490. The average Bonchev–Trinajstić information content (AvgIpc) is 3.54. The number of amides is 1. The van der Waals surface area contributed by atoms with E-state index < -0.39 is 17.3 Å². The smallest absolute Gasteiger partial charge is 0.416 e. The van der Waals surface area contributed by atoms with Crippen LogP contribution < -0.4 is 5.32 Å². The highest BCUT2D eigenvalue weighted by atomic mass is 19.4. The van der Waals surface area contributed by atoms with Gasteiger partial charge in [0, 0.05) is 37.0 Å². The van der Waals surface area contributed by atoms with Gasteiger partial charge in [0.2, 0.25) is 0 Å². The number of nitrogens with one attached hydrogen (secondary N) is 1. The zero-order chi connectivity index (χ0) is 25.3. The van der Waals surface area contributed by atoms with Crippen molar-refractivity contribution in [1.29, 1.82) is 0 Å². The summed E-state index contributed by atoms with van der Waals surface area (Å²) in [5.41, 5.74) is 0.797. The second-order valence-corrected chi connectivity index (χ2v) is 11.1. The van der Waals surface area contributed by atoms with Crippen LogP contribution >= 0.6 is 0 Å². The summed E-state index contributed by atoms with van der Waals surface area (Å²) >= 11 is 0. The van der Waals surface area contributed by atoms with Crippen LogP contribution in [0.25, 0.3) is 0 Å². The Bertz CT molecular complexity index is 996. The average molecular weight is 489 g/mol. The molecule has 4 rings (SSSR count). The summed E-state index contributed by atoms with van der Waals surface area (Å²) in [6.45, 7) is 7.47. The SMILES string of the molecule is CC(C)(C)OC(=O)N(CC1(CNCc2ccc(C(F)(F)F)cc2)CCC1)[C@H]1CC1c1ccccc1. The fourth-order valence-electron chi connectivity index (χ4n) is 4.93. The zero-order valence-corrected chi connectivity index (χ0v) is 20.7. The van der Waals surface area contributed by atoms with E-state index in [1.54, 1.807) is 0 Å². The van der Waals surface area contributed by atoms with E-state index in [1.165, 1.54) is 17.7 Å². The van der Waals surface area contributed by atoms with Crippen LogP contribution in [0.3, 0.4) is 0 Å². The largest absolute Gasteiger partial charge is 0.444 e. The molecule has 0 saturated heterocycles. The Morgan fingerprint density at radius 2 is 1.71 bits per heavy atom. The summed E-state index contributed by atoms with van der Waals surface area (Å²) in [4.78, 5) is 15.2. The molecule has 1 unspecified atom stereocenters. The lowest BCUT2D eigenvalue weighted by Crippen LogP contribution is -2.51. The molecular weight excluding hydrogens is 453 g/mol. The molecule has 0 aromatic heterocycles. The van der Waals surface area contributed by atoms with Gasteiger partial charge in [-0.25, -0.2) is 4.79 Å². The lowest BCUT2D eigenvalue weighted by molar-refractivity contribution is -0.137. The first-order chi connectivity index (χ1) is 16.5. The number of hydrogen-bond acceptors (Lipinski definition) is 3. The van der Waals surface area contributed by atoms with Gasteiger partial charge in [-0.15, -0.1) is 0 Å². The number of carbonyl (C=O) groups is 1. The molecule has 1 amide bonds. The summed E-state index contributed by atoms with van der Waals surface area (Å²) in [5, 5.41) is 3.44. The number of hydrogen-bond donors (Lipinski definition) is 1. The van der Waals surface area contributed by atoms with Crippen molar-refractivity contribution in [2.24, 2.45) is 5.41 Å². The van der Waals surface area contributed by atoms with Gasteiger partial charge in [0.15, 0.2) is 0 Å². The Balaban J connectivity index is 1.40. The van der Waals surface area contributed by atoms with E-state index in [4.69, 9.17) is 4.74 Å². The Morgan fingerprint density at radius 1 is 1.06 bits per heavy atom. The van der Waals surface area contributed by atoms with Crippen LogP contribution in [-0.2, 0) is 17.5 Å². The molecule has 0 aliphatic heterocycles. The first-order valence-corrected chi connectivity index (χ1v) is 12.4. The van der Waals surface area contributed by atoms with Crippen LogP contribution in [0.5, 0.6) is 0 Å². The Kier molecular flexibility index (Phi) is 7.18. The van der Waals surface area contributed by atoms with Gasteiger partial charge in [0.05, 0.1) is 5.56 Å². The highest BCUT2D eigenvalue weighted by Crippen LogP contribution is 2.49. The van der Waals surface area contributed by atoms with E-state index in [2.05, 4.69) is 17.4 Å². The van der Waals surface area contributed by atoms with Crippen LogP contribution in [0, 0.1) is 5.41 Å². The summed E-state index contributed by atoms with van der Waals surface area (Å²) in [7, 11) is 0. The third kappa shape index (κ3) is 6.57. The van der Waals surface area contributed by atoms with Gasteiger partial charge in [-0.1, -0.05) is 48.9 Å². The van der Waals surface area contributed by atoms with Gasteiger partial charge >= 0.3 is 12.3 Å². The summed E-state index contributed by atoms with van der Waals surface area (Å²) < 4.78 is 44.2. The normalized spacial score (nSPS) is 21.2. The molecule has 2 aliphatic carbocycles. The number of rotatable bonds is 8. The maximum atomic E-state index is 13.2. The Hall–Kier alpha value is -2.54. The molecule has 0 spiro atoms. The van der Waals surface area contributed by atoms with Crippen molar-refractivity contribution in [3.8, 4) is 0 Å². The minimum atomic E-state index is -4.33. The van der Waals surface area contributed by atoms with Crippen LogP contribution in [0.15, 0.2) is 54.6 Å². The lowest BCUT2D eigenvalue weighted by atomic mass is 9.68. The molecule has 0 radical (unpaired) electrons. The molecule has 4 nitrogen and oxygen atoms in total. The van der Waals surface area contributed by atoms with Crippen LogP contribution in [0.4, 0.5) is 18.0 Å². The summed E-state index contributed by atoms with van der Waals surface area (Å²) in [6, 6.07) is 15.7. The molecule has 0 heterocycles. The number of nitrogens with zero attached hydrogens (tertiary/aromatic N) is 1. The first kappa shape index (κ1) is 25.5. The monoisotopic (exact) mass is 488 g/mol. The van der Waals surface area contributed by atoms with Crippen LogP contribution in [0.1, 0.15) is 69.1 Å². The number of alkyl halides is 3. The first-order valence-electron chi connectivity index (χ1n) is 12.4. The molecule has 190 valence electrons. The predicted octanol–water partition coefficient (Wildman–Crippen LogP) is 6.76. The van der Waals surface area contributed by atoms with Gasteiger partial charge in [-0.3, -0.25) is 0 Å². The van der Waals surface area contributed by atoms with E-state index >= 15 is 0 Å². The molecule has 2 aromatic rings. The van der Waals surface area contributed by atoms with Crippen molar-refractivity contribution >= 4 is 6.09 Å². The predicted molar refractivity (Wildman–Crippen MR) is 130 cm³/mol. The van der Waals surface area contributed by atoms with Gasteiger partial charge in [0.1, 0.15) is 5.60 Å². The van der Waals surface area contributed by atoms with Gasteiger partial charge in [-0.05, 0) is 63.3 Å². The van der Waals surface area contributed by atoms with E-state index in [0.717, 1.165) is 43.4 Å². The highest BCUT2D eigenvalue weighted by Gasteiger charge is 2.49. The molecule has 2 aliphatic rings. The molecule has 2 fully saturated rings. The number of benzene rings is 2. The molecule has 0 bridgehead atoms. The Morgan fingerprint density at radius 3 is 2.26 bits per heavy atom. The maximum absolute atomic E-state index is 13.2. The molecule has 7 heteroatoms. The quantitative estimate of drug-likeness (QED) is 0.446. The summed E-state index contributed by atoms with van der Waals surface area (Å²) in [5.74, 6) is 0.320. The van der Waals surface area contributed by atoms with Gasteiger partial charge in [0.25, 0.3) is 0 Å². The van der Waals surface area contributed by atoms with Crippen molar-refractivity contribution < 1.29 is 22.7 Å². The molecule has 2 aromatic carbocycles. The third-order valence-electron chi connectivity index (χ3n) is 7.04. The second-order valence-electron chi connectivity index (χ2n) is 11.1. The summed E-state index contributed by atoms with van der Waals surface area (Å²) in [6.07, 6.45) is -0.540. The number of carbonyl (C=O) groups excluding carboxylic acids is 1. The van der Waals surface area contributed by atoms with E-state index in [9.17, 15) is 18.0 Å². The van der Waals surface area contributed by atoms with Crippen molar-refractivity contribution in [3.63, 3.8) is 0 Å². The van der Waals surface area contributed by atoms with E-state index in [1.807, 2.05) is 43.9 Å². The van der Waals surface area contributed by atoms with E-state index in [0.29, 0.717) is 25.6 Å². The van der Waals surface area contributed by atoms with Crippen molar-refractivity contribution in [3.05, 3.63) is 71.3 Å². The second kappa shape index (κ2) is 9.84. The van der Waals surface area contributed by atoms with Crippen LogP contribution in [0.2, 0.25) is 0 Å². The molecule has 1 N–H and O–H groups in total. The highest BCUT2D eigenvalue weighted by molar-refractivity contribution is 5.69.